The van der Waals surface area contributed by atoms with Crippen molar-refractivity contribution in [3.63, 3.8) is 0 Å². The van der Waals surface area contributed by atoms with E-state index in [1.807, 2.05) is 55.1 Å². The van der Waals surface area contributed by atoms with E-state index in [0.717, 1.165) is 22.0 Å². The van der Waals surface area contributed by atoms with Crippen molar-refractivity contribution in [3.05, 3.63) is 82.2 Å². The topological polar surface area (TPSA) is 173 Å². The number of pyridine rings is 1. The fourth-order valence-electron chi connectivity index (χ4n) is 6.24. The quantitative estimate of drug-likeness (QED) is 0.235. The maximum absolute atomic E-state index is 13.9. The van der Waals surface area contributed by atoms with Crippen LogP contribution in [0.2, 0.25) is 0 Å². The van der Waals surface area contributed by atoms with Gasteiger partial charge in [-0.15, -0.1) is 11.3 Å². The van der Waals surface area contributed by atoms with Gasteiger partial charge >= 0.3 is 0 Å². The lowest BCUT2D eigenvalue weighted by Gasteiger charge is -2.28. The second-order valence-electron chi connectivity index (χ2n) is 13.7. The van der Waals surface area contributed by atoms with Crippen molar-refractivity contribution >= 4 is 51.8 Å². The molecule has 5 amide bonds. The molecular weight excluding hydrogens is 683 g/mol. The van der Waals surface area contributed by atoms with Crippen LogP contribution in [0.15, 0.2) is 60.4 Å². The lowest BCUT2D eigenvalue weighted by Crippen LogP contribution is -2.53. The molecule has 4 heterocycles. The third kappa shape index (κ3) is 10.0. The maximum atomic E-state index is 13.9. The summed E-state index contributed by atoms with van der Waals surface area (Å²) in [5.41, 5.74) is 2.74. The first kappa shape index (κ1) is 38.1. The summed E-state index contributed by atoms with van der Waals surface area (Å²) in [6.07, 6.45) is 5.96. The Kier molecular flexibility index (Phi) is 12.7. The Morgan fingerprint density at radius 2 is 1.65 bits per heavy atom. The van der Waals surface area contributed by atoms with Crippen LogP contribution in [0.5, 0.6) is 0 Å². The highest BCUT2D eigenvalue weighted by Crippen LogP contribution is 2.25. The summed E-state index contributed by atoms with van der Waals surface area (Å²) < 4.78 is 0. The van der Waals surface area contributed by atoms with Crippen LogP contribution < -0.4 is 16.0 Å². The van der Waals surface area contributed by atoms with E-state index in [1.54, 1.807) is 37.9 Å². The fourth-order valence-corrected chi connectivity index (χ4v) is 7.11. The monoisotopic (exact) mass is 729 g/mol. The lowest BCUT2D eigenvalue weighted by molar-refractivity contribution is -0.138. The van der Waals surface area contributed by atoms with E-state index < -0.39 is 35.8 Å². The summed E-state index contributed by atoms with van der Waals surface area (Å²) in [6.45, 7) is 6.48. The highest BCUT2D eigenvalue weighted by molar-refractivity contribution is 7.09. The van der Waals surface area contributed by atoms with Crippen LogP contribution >= 0.6 is 11.3 Å². The maximum Gasteiger partial charge on any atom is 0.271 e. The van der Waals surface area contributed by atoms with Gasteiger partial charge in [-0.3, -0.25) is 33.9 Å². The number of rotatable bonds is 6. The molecule has 1 aliphatic heterocycles. The van der Waals surface area contributed by atoms with Crippen LogP contribution in [0.1, 0.15) is 59.9 Å². The Morgan fingerprint density at radius 1 is 0.885 bits per heavy atom. The van der Waals surface area contributed by atoms with Gasteiger partial charge in [0.25, 0.3) is 5.91 Å². The number of amides is 5. The Labute approximate surface area is 307 Å². The Hall–Kier alpha value is -5.15. The second kappa shape index (κ2) is 17.4. The predicted molar refractivity (Wildman–Crippen MR) is 198 cm³/mol. The predicted octanol–water partition coefficient (Wildman–Crippen LogP) is 2.50. The number of nitrogens with zero attached hydrogens (tertiary/aromatic N) is 5. The van der Waals surface area contributed by atoms with Crippen molar-refractivity contribution in [2.24, 2.45) is 5.92 Å². The van der Waals surface area contributed by atoms with E-state index >= 15 is 0 Å². The van der Waals surface area contributed by atoms with Crippen molar-refractivity contribution in [3.8, 4) is 0 Å². The molecule has 0 saturated carbocycles. The highest BCUT2D eigenvalue weighted by atomic mass is 32.1. The molecule has 3 atom stereocenters. The van der Waals surface area contributed by atoms with E-state index in [2.05, 4.69) is 30.9 Å². The van der Waals surface area contributed by atoms with Gasteiger partial charge in [0.2, 0.25) is 23.6 Å². The van der Waals surface area contributed by atoms with Crippen LogP contribution in [0.4, 0.5) is 0 Å². The normalized spacial score (nSPS) is 20.8. The molecule has 0 fully saturated rings. The Bertz CT molecular complexity index is 1880. The minimum Gasteiger partial charge on any atom is -0.361 e. The average molecular weight is 730 g/mol. The molecule has 0 saturated heterocycles. The van der Waals surface area contributed by atoms with E-state index in [4.69, 9.17) is 0 Å². The second-order valence-corrected chi connectivity index (χ2v) is 14.6. The van der Waals surface area contributed by atoms with Crippen LogP contribution in [0.3, 0.4) is 0 Å². The number of para-hydroxylation sites is 1. The van der Waals surface area contributed by atoms with Gasteiger partial charge in [0, 0.05) is 75.0 Å². The van der Waals surface area contributed by atoms with Crippen LogP contribution in [0.25, 0.3) is 10.9 Å². The zero-order chi connectivity index (χ0) is 37.4. The third-order valence-corrected chi connectivity index (χ3v) is 9.88. The van der Waals surface area contributed by atoms with Gasteiger partial charge in [0.15, 0.2) is 0 Å². The fraction of sp³-hybridized carbons (Fsp3) is 0.432. The summed E-state index contributed by atoms with van der Waals surface area (Å²) in [7, 11) is 3.14. The molecule has 1 aromatic carbocycles. The van der Waals surface area contributed by atoms with Gasteiger partial charge in [-0.25, -0.2) is 4.98 Å². The van der Waals surface area contributed by atoms with E-state index in [-0.39, 0.29) is 42.9 Å². The summed E-state index contributed by atoms with van der Waals surface area (Å²) in [5, 5.41) is 11.8. The number of fused-ring (bicyclic) bond motifs is 3. The molecular formula is C37H47N9O5S. The summed E-state index contributed by atoms with van der Waals surface area (Å²) in [6, 6.07) is 9.05. The molecule has 1 aliphatic rings. The van der Waals surface area contributed by atoms with Crippen molar-refractivity contribution in [1.82, 2.24) is 45.6 Å². The molecule has 4 aromatic rings. The first-order chi connectivity index (χ1) is 24.9. The Morgan fingerprint density at radius 3 is 2.40 bits per heavy atom. The molecule has 3 aromatic heterocycles. The van der Waals surface area contributed by atoms with Crippen LogP contribution in [0, 0.1) is 5.92 Å². The van der Waals surface area contributed by atoms with Crippen molar-refractivity contribution < 1.29 is 24.0 Å². The number of carbonyl (C=O) groups is 5. The number of hydrogen-bond acceptors (Lipinski definition) is 9. The first-order valence-electron chi connectivity index (χ1n) is 17.4. The number of benzene rings is 1. The number of nitrogens with one attached hydrogen (secondary N) is 4. The number of likely N-dealkylation sites (N-methyl/N-ethyl adjacent to an activating group) is 2. The van der Waals surface area contributed by atoms with Gasteiger partial charge in [-0.2, -0.15) is 0 Å². The largest absolute Gasteiger partial charge is 0.361 e. The van der Waals surface area contributed by atoms with Crippen molar-refractivity contribution in [2.45, 2.75) is 58.3 Å². The minimum atomic E-state index is -1.04. The molecule has 52 heavy (non-hydrogen) atoms. The average Bonchev–Trinajstić information content (AvgIpc) is 3.77. The third-order valence-electron chi connectivity index (χ3n) is 8.93. The lowest BCUT2D eigenvalue weighted by atomic mass is 10.0. The molecule has 2 bridgehead atoms. The molecule has 0 aliphatic carbocycles. The number of aromatic nitrogens is 3. The van der Waals surface area contributed by atoms with E-state index in [0.29, 0.717) is 31.1 Å². The number of thiazole rings is 1. The SMILES string of the molecule is CC(C)C[C@@H]1NC(=O)CN(Cc2cccnc2)CCN(C)C(=O)[C@H](C)NC(=O)CN(C)C(=O)[C@@H](Cc2c[nH]c3ccccc23)NC(=O)c2csc1n2. The summed E-state index contributed by atoms with van der Waals surface area (Å²) in [5.74, 6) is -1.90. The van der Waals surface area contributed by atoms with Crippen LogP contribution in [-0.4, -0.2) is 112 Å². The number of H-pyrrole nitrogens is 1. The number of hydrogen-bond donors (Lipinski definition) is 4. The smallest absolute Gasteiger partial charge is 0.271 e. The van der Waals surface area contributed by atoms with Crippen LogP contribution in [-0.2, 0) is 32.1 Å². The zero-order valence-corrected chi connectivity index (χ0v) is 31.0. The van der Waals surface area contributed by atoms with Crippen molar-refractivity contribution in [1.29, 1.82) is 0 Å². The molecule has 15 heteroatoms. The van der Waals surface area contributed by atoms with Gasteiger partial charge < -0.3 is 30.7 Å². The first-order valence-corrected chi connectivity index (χ1v) is 18.3. The van der Waals surface area contributed by atoms with Gasteiger partial charge in [-0.05, 0) is 42.5 Å². The number of aromatic amines is 1. The van der Waals surface area contributed by atoms with E-state index in [1.165, 1.54) is 28.2 Å². The molecule has 4 N–H and O–H groups in total. The van der Waals surface area contributed by atoms with Gasteiger partial charge in [0.05, 0.1) is 19.1 Å². The zero-order valence-electron chi connectivity index (χ0n) is 30.2. The summed E-state index contributed by atoms with van der Waals surface area (Å²) in [4.78, 5) is 84.5. The molecule has 14 nitrogen and oxygen atoms in total. The van der Waals surface area contributed by atoms with Gasteiger partial charge in [-0.1, -0.05) is 38.1 Å². The van der Waals surface area contributed by atoms with Gasteiger partial charge in [0.1, 0.15) is 22.8 Å². The minimum absolute atomic E-state index is 0.0422. The summed E-state index contributed by atoms with van der Waals surface area (Å²) >= 11 is 1.27. The Balaban J connectivity index is 1.45. The standard InChI is InChI=1S/C37H47N9O5S/c1-23(2)15-29-35-43-31(22-52-35)34(49)42-30(16-26-18-39-28-11-7-6-10-27(26)28)37(51)45(5)20-32(47)40-24(3)36(50)44(4)13-14-46(21-33(48)41-29)19-25-9-8-12-38-17-25/h6-12,17-18,22-24,29-30,39H,13-16,19-21H2,1-5H3,(H,40,47)(H,41,48)(H,42,49)/t24-,29-,30+/m0/s1. The van der Waals surface area contributed by atoms with Crippen molar-refractivity contribution in [2.75, 3.05) is 40.3 Å². The molecule has 5 rings (SSSR count). The molecule has 276 valence electrons. The molecule has 0 radical (unpaired) electrons. The molecule has 0 unspecified atom stereocenters. The molecule has 0 spiro atoms. The number of carbonyl (C=O) groups excluding carboxylic acids is 5. The highest BCUT2D eigenvalue weighted by Gasteiger charge is 2.30. The van der Waals surface area contributed by atoms with E-state index in [9.17, 15) is 24.0 Å².